The van der Waals surface area contributed by atoms with Gasteiger partial charge in [-0.15, -0.1) is 11.3 Å². The fourth-order valence-electron chi connectivity index (χ4n) is 5.66. The van der Waals surface area contributed by atoms with Crippen molar-refractivity contribution < 1.29 is 18.7 Å². The number of fused-ring (bicyclic) bond motifs is 4. The zero-order chi connectivity index (χ0) is 27.2. The number of ether oxygens (including phenoxy) is 2. The number of hydrogen-bond donors (Lipinski definition) is 0. The number of carbonyl (C=O) groups is 1. The van der Waals surface area contributed by atoms with Crippen molar-refractivity contribution in [1.82, 2.24) is 19.4 Å². The lowest BCUT2D eigenvalue weighted by molar-refractivity contribution is 0.0596. The molecule has 4 aromatic rings. The van der Waals surface area contributed by atoms with Gasteiger partial charge in [0.05, 0.1) is 11.1 Å². The fourth-order valence-corrected chi connectivity index (χ4v) is 7.83. The molecule has 0 bridgehead atoms. The van der Waals surface area contributed by atoms with E-state index in [-0.39, 0.29) is 18.3 Å². The number of aromatic nitrogens is 2. The maximum atomic E-state index is 13.2. The molecular formula is C29H30N4O5S2. The Labute approximate surface area is 239 Å². The predicted molar refractivity (Wildman–Crippen MR) is 154 cm³/mol. The van der Waals surface area contributed by atoms with Gasteiger partial charge >= 0.3 is 0 Å². The van der Waals surface area contributed by atoms with Crippen molar-refractivity contribution >= 4 is 39.2 Å². The standard InChI is InChI=1S/C29H30N4O5S2/c1-31-28(35)25-20-4-2-3-5-24(20)40-26(25)30-29(31)39-16-19-7-9-22(38-19)27(34)33-12-10-32(11-13-33)15-18-6-8-21-23(14-18)37-17-36-21/h6-9,14H,2-5,10-13,15-17H2,1H3. The molecule has 0 unspecified atom stereocenters. The first-order valence-corrected chi connectivity index (χ1v) is 15.5. The van der Waals surface area contributed by atoms with Crippen LogP contribution < -0.4 is 15.0 Å². The zero-order valence-corrected chi connectivity index (χ0v) is 23.9. The van der Waals surface area contributed by atoms with E-state index in [2.05, 4.69) is 11.0 Å². The maximum Gasteiger partial charge on any atom is 0.289 e. The van der Waals surface area contributed by atoms with Crippen LogP contribution in [0.4, 0.5) is 0 Å². The van der Waals surface area contributed by atoms with E-state index in [1.54, 1.807) is 29.0 Å². The molecule has 1 aliphatic carbocycles. The van der Waals surface area contributed by atoms with Crippen LogP contribution in [-0.4, -0.2) is 58.2 Å². The number of carbonyl (C=O) groups excluding carboxylic acids is 1. The molecule has 2 aliphatic heterocycles. The summed E-state index contributed by atoms with van der Waals surface area (Å²) in [6.07, 6.45) is 4.32. The third-order valence-electron chi connectivity index (χ3n) is 7.87. The van der Waals surface area contributed by atoms with E-state index in [4.69, 9.17) is 18.9 Å². The molecule has 1 aromatic carbocycles. The van der Waals surface area contributed by atoms with E-state index in [0.29, 0.717) is 35.5 Å². The Morgan fingerprint density at radius 1 is 1.05 bits per heavy atom. The highest BCUT2D eigenvalue weighted by Gasteiger charge is 2.26. The van der Waals surface area contributed by atoms with Crippen molar-refractivity contribution in [2.45, 2.75) is 43.1 Å². The van der Waals surface area contributed by atoms with E-state index >= 15 is 0 Å². The van der Waals surface area contributed by atoms with Gasteiger partial charge in [-0.2, -0.15) is 0 Å². The van der Waals surface area contributed by atoms with Gasteiger partial charge in [0, 0.05) is 44.6 Å². The molecule has 1 fully saturated rings. The lowest BCUT2D eigenvalue weighted by Crippen LogP contribution is -2.48. The van der Waals surface area contributed by atoms with E-state index in [0.717, 1.165) is 60.6 Å². The van der Waals surface area contributed by atoms with Gasteiger partial charge in [0.2, 0.25) is 6.79 Å². The van der Waals surface area contributed by atoms with Crippen LogP contribution in [0.3, 0.4) is 0 Å². The lowest BCUT2D eigenvalue weighted by atomic mass is 9.97. The predicted octanol–water partition coefficient (Wildman–Crippen LogP) is 4.45. The van der Waals surface area contributed by atoms with E-state index in [1.165, 1.54) is 34.2 Å². The molecule has 0 radical (unpaired) electrons. The third-order valence-corrected chi connectivity index (χ3v) is 10.1. The molecule has 0 spiro atoms. The summed E-state index contributed by atoms with van der Waals surface area (Å²) in [7, 11) is 1.78. The number of aryl methyl sites for hydroxylation is 2. The molecule has 7 rings (SSSR count). The highest BCUT2D eigenvalue weighted by molar-refractivity contribution is 7.98. The van der Waals surface area contributed by atoms with E-state index in [9.17, 15) is 9.59 Å². The van der Waals surface area contributed by atoms with Crippen LogP contribution in [0.2, 0.25) is 0 Å². The molecule has 208 valence electrons. The molecule has 1 saturated heterocycles. The highest BCUT2D eigenvalue weighted by atomic mass is 32.2. The highest BCUT2D eigenvalue weighted by Crippen LogP contribution is 2.35. The summed E-state index contributed by atoms with van der Waals surface area (Å²) in [4.78, 5) is 37.5. The first-order chi connectivity index (χ1) is 19.5. The Bertz CT molecular complexity index is 1650. The van der Waals surface area contributed by atoms with Gasteiger partial charge in [-0.05, 0) is 61.1 Å². The van der Waals surface area contributed by atoms with Crippen molar-refractivity contribution in [1.29, 1.82) is 0 Å². The fraction of sp³-hybridized carbons (Fsp3) is 0.414. The summed E-state index contributed by atoms with van der Waals surface area (Å²) >= 11 is 3.12. The lowest BCUT2D eigenvalue weighted by Gasteiger charge is -2.34. The van der Waals surface area contributed by atoms with Gasteiger partial charge in [0.1, 0.15) is 10.6 Å². The SMILES string of the molecule is Cn1c(SCc2ccc(C(=O)N3CCN(Cc4ccc5c(c4)OCO5)CC3)o2)nc2sc3c(c2c1=O)CCCC3. The smallest absolute Gasteiger partial charge is 0.289 e. The minimum Gasteiger partial charge on any atom is -0.455 e. The molecule has 3 aromatic heterocycles. The Kier molecular flexibility index (Phi) is 6.81. The summed E-state index contributed by atoms with van der Waals surface area (Å²) in [6, 6.07) is 9.64. The Morgan fingerprint density at radius 2 is 1.88 bits per heavy atom. The van der Waals surface area contributed by atoms with Crippen molar-refractivity contribution in [3.63, 3.8) is 0 Å². The van der Waals surface area contributed by atoms with Crippen LogP contribution in [0.25, 0.3) is 10.2 Å². The largest absolute Gasteiger partial charge is 0.455 e. The molecule has 0 N–H and O–H groups in total. The molecule has 40 heavy (non-hydrogen) atoms. The summed E-state index contributed by atoms with van der Waals surface area (Å²) in [5.41, 5.74) is 2.40. The number of rotatable bonds is 6. The third kappa shape index (κ3) is 4.80. The van der Waals surface area contributed by atoms with E-state index in [1.807, 2.05) is 23.1 Å². The molecule has 1 amide bonds. The quantitative estimate of drug-likeness (QED) is 0.245. The summed E-state index contributed by atoms with van der Waals surface area (Å²) in [5, 5.41) is 1.47. The first-order valence-electron chi connectivity index (χ1n) is 13.7. The van der Waals surface area contributed by atoms with Crippen molar-refractivity contribution in [2.75, 3.05) is 33.0 Å². The number of furan rings is 1. The number of benzene rings is 1. The van der Waals surface area contributed by atoms with Gasteiger partial charge in [0.25, 0.3) is 11.5 Å². The van der Waals surface area contributed by atoms with Crippen LogP contribution in [-0.2, 0) is 32.2 Å². The average Bonchev–Trinajstić information content (AvgIpc) is 3.72. The number of thiophene rings is 1. The number of hydrogen-bond acceptors (Lipinski definition) is 9. The molecular weight excluding hydrogens is 548 g/mol. The number of amides is 1. The van der Waals surface area contributed by atoms with Gasteiger partial charge in [0.15, 0.2) is 22.4 Å². The minimum absolute atomic E-state index is 0.0277. The van der Waals surface area contributed by atoms with Crippen LogP contribution in [0.1, 0.15) is 45.2 Å². The summed E-state index contributed by atoms with van der Waals surface area (Å²) < 4.78 is 18.5. The summed E-state index contributed by atoms with van der Waals surface area (Å²) in [5.74, 6) is 3.03. The first kappa shape index (κ1) is 25.7. The topological polar surface area (TPSA) is 90.0 Å². The summed E-state index contributed by atoms with van der Waals surface area (Å²) in [6.45, 7) is 3.94. The molecule has 0 saturated carbocycles. The van der Waals surface area contributed by atoms with Crippen molar-refractivity contribution in [3.8, 4) is 11.5 Å². The van der Waals surface area contributed by atoms with Crippen LogP contribution in [0.15, 0.2) is 44.7 Å². The van der Waals surface area contributed by atoms with Gasteiger partial charge < -0.3 is 18.8 Å². The van der Waals surface area contributed by atoms with Gasteiger partial charge in [-0.3, -0.25) is 19.1 Å². The molecule has 11 heteroatoms. The normalized spacial score (nSPS) is 17.0. The second kappa shape index (κ2) is 10.6. The Balaban J connectivity index is 0.962. The van der Waals surface area contributed by atoms with Crippen LogP contribution in [0, 0.1) is 0 Å². The molecule has 0 atom stereocenters. The van der Waals surface area contributed by atoms with E-state index < -0.39 is 0 Å². The van der Waals surface area contributed by atoms with Crippen molar-refractivity contribution in [2.24, 2.45) is 7.05 Å². The van der Waals surface area contributed by atoms with Crippen LogP contribution in [0.5, 0.6) is 11.5 Å². The molecule has 5 heterocycles. The van der Waals surface area contributed by atoms with Gasteiger partial charge in [-0.25, -0.2) is 4.98 Å². The molecule has 3 aliphatic rings. The maximum absolute atomic E-state index is 13.2. The van der Waals surface area contributed by atoms with Gasteiger partial charge in [-0.1, -0.05) is 17.8 Å². The number of nitrogens with zero attached hydrogens (tertiary/aromatic N) is 4. The minimum atomic E-state index is -0.0879. The Hall–Kier alpha value is -3.28. The molecule has 9 nitrogen and oxygen atoms in total. The number of thioether (sulfide) groups is 1. The second-order valence-electron chi connectivity index (χ2n) is 10.5. The van der Waals surface area contributed by atoms with Crippen LogP contribution >= 0.6 is 23.1 Å². The average molecular weight is 579 g/mol. The van der Waals surface area contributed by atoms with Crippen molar-refractivity contribution in [3.05, 3.63) is 68.2 Å². The Morgan fingerprint density at radius 3 is 2.75 bits per heavy atom. The zero-order valence-electron chi connectivity index (χ0n) is 22.3. The monoisotopic (exact) mass is 578 g/mol. The second-order valence-corrected chi connectivity index (χ2v) is 12.5. The number of piperazine rings is 1.